The Labute approximate surface area is 456 Å². The van der Waals surface area contributed by atoms with Crippen LogP contribution in [0.4, 0.5) is 0 Å². The van der Waals surface area contributed by atoms with Gasteiger partial charge < -0.3 is 76.1 Å². The van der Waals surface area contributed by atoms with Crippen molar-refractivity contribution in [2.45, 2.75) is 220 Å². The van der Waals surface area contributed by atoms with Crippen LogP contribution < -0.4 is 5.32 Å². The molecule has 2 aromatic rings. The molecule has 15 atom stereocenters. The monoisotopic (exact) mass is 1120 g/mol. The topological polar surface area (TPSA) is 321 Å². The SMILES string of the molecule is CC(=O)N[C@H]1[C@@H](O[C@H]2[C@@H](OC(C)=O)[C@@H](COC(C)=O)O[C@@H](OCCc3nc4cc(C(C)(C)C)cc(C(C)(C)C)c4o3)[C@@H]2O[C@@H]2O[C@@H](C)[C@@H](OC(C)=O)[C@@H](OC(C)=O)[C@@H]2OC(C)=O)O[C@H](COC(C)=O)[C@H](OC(C)=O)[C@@H]1OC(C)=O. The van der Waals surface area contributed by atoms with Gasteiger partial charge in [-0.2, -0.15) is 0 Å². The van der Waals surface area contributed by atoms with Gasteiger partial charge in [-0.3, -0.25) is 43.2 Å². The minimum Gasteiger partial charge on any atom is -0.463 e. The lowest BCUT2D eigenvalue weighted by Crippen LogP contribution is -2.70. The molecule has 3 aliphatic rings. The van der Waals surface area contributed by atoms with Crippen LogP contribution in [-0.2, 0) is 127 Å². The summed E-state index contributed by atoms with van der Waals surface area (Å²) in [6.45, 7) is 21.9. The lowest BCUT2D eigenvalue weighted by atomic mass is 9.80. The summed E-state index contributed by atoms with van der Waals surface area (Å²) in [6, 6.07) is 2.41. The van der Waals surface area contributed by atoms with Crippen LogP contribution in [0.15, 0.2) is 16.5 Å². The predicted octanol–water partition coefficient (Wildman–Crippen LogP) is 3.17. The molecule has 1 aromatic carbocycles. The average Bonchev–Trinajstić information content (AvgIpc) is 3.82. The molecule has 0 bridgehead atoms. The van der Waals surface area contributed by atoms with Gasteiger partial charge in [0.15, 0.2) is 67.0 Å². The molecule has 3 aliphatic heterocycles. The maximum absolute atomic E-state index is 13.2. The highest BCUT2D eigenvalue weighted by Gasteiger charge is 2.59. The number of esters is 8. The van der Waals surface area contributed by atoms with E-state index in [9.17, 15) is 43.2 Å². The van der Waals surface area contributed by atoms with E-state index in [-0.39, 0.29) is 29.7 Å². The summed E-state index contributed by atoms with van der Waals surface area (Å²) < 4.78 is 90.5. The van der Waals surface area contributed by atoms with Gasteiger partial charge in [-0.15, -0.1) is 0 Å². The molecule has 3 fully saturated rings. The highest BCUT2D eigenvalue weighted by molar-refractivity contribution is 5.79. The maximum Gasteiger partial charge on any atom is 0.303 e. The minimum atomic E-state index is -1.89. The number of rotatable bonds is 19. The smallest absolute Gasteiger partial charge is 0.303 e. The van der Waals surface area contributed by atoms with Crippen molar-refractivity contribution in [3.05, 3.63) is 29.2 Å². The van der Waals surface area contributed by atoms with Gasteiger partial charge in [-0.25, -0.2) is 4.98 Å². The molecule has 0 unspecified atom stereocenters. The summed E-state index contributed by atoms with van der Waals surface area (Å²) in [5.41, 5.74) is 2.45. The molecule has 440 valence electrons. The third-order valence-electron chi connectivity index (χ3n) is 12.4. The van der Waals surface area contributed by atoms with Crippen molar-refractivity contribution in [3.8, 4) is 0 Å². The Morgan fingerprint density at radius 1 is 0.519 bits per heavy atom. The highest BCUT2D eigenvalue weighted by Crippen LogP contribution is 2.39. The fourth-order valence-electron chi connectivity index (χ4n) is 9.21. The quantitative estimate of drug-likeness (QED) is 0.156. The second kappa shape index (κ2) is 26.8. The molecular weight excluding hydrogens is 1050 g/mol. The van der Waals surface area contributed by atoms with E-state index in [4.69, 9.17) is 75.7 Å². The van der Waals surface area contributed by atoms with E-state index >= 15 is 0 Å². The van der Waals surface area contributed by atoms with Crippen LogP contribution in [0.3, 0.4) is 0 Å². The van der Waals surface area contributed by atoms with Gasteiger partial charge in [0.1, 0.15) is 49.2 Å². The third kappa shape index (κ3) is 17.3. The lowest BCUT2D eigenvalue weighted by Gasteiger charge is -2.51. The van der Waals surface area contributed by atoms with Crippen molar-refractivity contribution in [1.82, 2.24) is 10.3 Å². The molecule has 0 spiro atoms. The van der Waals surface area contributed by atoms with E-state index in [0.717, 1.165) is 73.4 Å². The van der Waals surface area contributed by atoms with Crippen molar-refractivity contribution in [1.29, 1.82) is 0 Å². The third-order valence-corrected chi connectivity index (χ3v) is 12.4. The Morgan fingerprint density at radius 3 is 1.48 bits per heavy atom. The van der Waals surface area contributed by atoms with Crippen LogP contribution in [-0.4, -0.2) is 171 Å². The summed E-state index contributed by atoms with van der Waals surface area (Å²) in [5, 5.41) is 2.61. The number of fused-ring (bicyclic) bond motifs is 1. The fraction of sp³-hybridized carbons (Fsp3) is 0.698. The summed E-state index contributed by atoms with van der Waals surface area (Å²) in [5.74, 6) is -7.51. The first-order valence-corrected chi connectivity index (χ1v) is 25.6. The number of nitrogens with zero attached hydrogens (tertiary/aromatic N) is 1. The number of amides is 1. The van der Waals surface area contributed by atoms with Crippen molar-refractivity contribution >= 4 is 64.8 Å². The van der Waals surface area contributed by atoms with E-state index in [1.54, 1.807) is 0 Å². The van der Waals surface area contributed by atoms with E-state index in [0.29, 0.717) is 11.1 Å². The Hall–Kier alpha value is -6.32. The van der Waals surface area contributed by atoms with Gasteiger partial charge in [0, 0.05) is 74.3 Å². The van der Waals surface area contributed by atoms with Gasteiger partial charge in [0.2, 0.25) is 5.91 Å². The van der Waals surface area contributed by atoms with E-state index < -0.39 is 159 Å². The lowest BCUT2D eigenvalue weighted by molar-refractivity contribution is -0.385. The molecular formula is C53H74N2O24. The zero-order valence-corrected chi connectivity index (χ0v) is 47.4. The van der Waals surface area contributed by atoms with Gasteiger partial charge in [-0.05, 0) is 29.4 Å². The molecule has 0 aliphatic carbocycles. The molecule has 26 heteroatoms. The molecule has 5 rings (SSSR count). The number of aromatic nitrogens is 1. The Morgan fingerprint density at radius 2 is 0.987 bits per heavy atom. The van der Waals surface area contributed by atoms with E-state index in [1.165, 1.54) is 6.92 Å². The number of benzene rings is 1. The second-order valence-electron chi connectivity index (χ2n) is 21.4. The first-order valence-electron chi connectivity index (χ1n) is 25.6. The number of hydrogen-bond donors (Lipinski definition) is 1. The van der Waals surface area contributed by atoms with Crippen molar-refractivity contribution in [2.75, 3.05) is 19.8 Å². The van der Waals surface area contributed by atoms with Gasteiger partial charge in [0.25, 0.3) is 0 Å². The summed E-state index contributed by atoms with van der Waals surface area (Å²) >= 11 is 0. The van der Waals surface area contributed by atoms with Crippen LogP contribution in [0.5, 0.6) is 0 Å². The first kappa shape index (κ1) is 63.5. The zero-order chi connectivity index (χ0) is 59.0. The summed E-state index contributed by atoms with van der Waals surface area (Å²) in [6.07, 6.45) is -23.1. The minimum absolute atomic E-state index is 0.0232. The number of ether oxygens (including phenoxy) is 14. The van der Waals surface area contributed by atoms with Gasteiger partial charge in [-0.1, -0.05) is 47.6 Å². The van der Waals surface area contributed by atoms with Crippen LogP contribution in [0.25, 0.3) is 11.1 Å². The molecule has 0 saturated carbocycles. The Bertz CT molecular complexity index is 2550. The second-order valence-corrected chi connectivity index (χ2v) is 21.4. The summed E-state index contributed by atoms with van der Waals surface area (Å²) in [4.78, 5) is 120. The largest absolute Gasteiger partial charge is 0.463 e. The maximum atomic E-state index is 13.2. The fourth-order valence-corrected chi connectivity index (χ4v) is 9.21. The standard InChI is InChI=1S/C53H74N2O24/c1-23-40(69-27(5)59)45(73-31(9)63)48(74-32(10)64)51(68-23)79-47-46(78-49-39(54-24(2)56)44(72-30(8)62)42(70-28(6)60)36(75-49)21-66-25(3)57)43(71-29(7)61)37(22-67-26(4)58)76-50(47)65-18-17-38-55-35-20-33(52(11,12)13)19-34(41(35)77-38)53(14,15)16/h19-20,23,36-37,39-40,42-51H,17-18,21-22H2,1-16H3,(H,54,56)/t23-,36+,37+,39+,40+,42-,43-,44+,45+,46-,47+,48-,49+,50+,51-/m0/s1. The van der Waals surface area contributed by atoms with Crippen molar-refractivity contribution < 1.29 is 114 Å². The zero-order valence-electron chi connectivity index (χ0n) is 47.4. The van der Waals surface area contributed by atoms with Crippen molar-refractivity contribution in [3.63, 3.8) is 0 Å². The van der Waals surface area contributed by atoms with Crippen LogP contribution in [0, 0.1) is 0 Å². The normalized spacial score (nSPS) is 29.0. The molecule has 26 nitrogen and oxygen atoms in total. The summed E-state index contributed by atoms with van der Waals surface area (Å²) in [7, 11) is 0. The van der Waals surface area contributed by atoms with Crippen LogP contribution in [0.1, 0.15) is 128 Å². The van der Waals surface area contributed by atoms with Crippen LogP contribution in [0.2, 0.25) is 0 Å². The van der Waals surface area contributed by atoms with Gasteiger partial charge in [0.05, 0.1) is 12.7 Å². The Balaban J connectivity index is 1.73. The molecule has 1 aromatic heterocycles. The number of nitrogens with one attached hydrogen (secondary N) is 1. The first-order chi connectivity index (χ1) is 36.7. The van der Waals surface area contributed by atoms with Gasteiger partial charge >= 0.3 is 47.8 Å². The van der Waals surface area contributed by atoms with E-state index in [1.807, 2.05) is 26.8 Å². The molecule has 79 heavy (non-hydrogen) atoms. The van der Waals surface area contributed by atoms with Crippen molar-refractivity contribution in [2.24, 2.45) is 0 Å². The molecule has 1 N–H and O–H groups in total. The number of carbonyl (C=O) groups excluding carboxylic acids is 9. The predicted molar refractivity (Wildman–Crippen MR) is 267 cm³/mol. The van der Waals surface area contributed by atoms with E-state index in [2.05, 4.69) is 32.2 Å². The number of oxazole rings is 1. The Kier molecular flexibility index (Phi) is 21.5. The molecule has 0 radical (unpaired) electrons. The number of carbonyl (C=O) groups is 9. The molecule has 4 heterocycles. The number of hydrogen-bond acceptors (Lipinski definition) is 25. The molecule has 3 saturated heterocycles. The highest BCUT2D eigenvalue weighted by atomic mass is 16.8. The average molecular weight is 1120 g/mol. The molecule has 1 amide bonds. The van der Waals surface area contributed by atoms with Crippen LogP contribution >= 0.6 is 0 Å².